The lowest BCUT2D eigenvalue weighted by Gasteiger charge is -2.26. The van der Waals surface area contributed by atoms with Crippen molar-refractivity contribution in [2.45, 2.75) is 65.4 Å². The van der Waals surface area contributed by atoms with Gasteiger partial charge in [-0.1, -0.05) is 40.7 Å². The van der Waals surface area contributed by atoms with Crippen molar-refractivity contribution in [3.63, 3.8) is 0 Å². The van der Waals surface area contributed by atoms with Crippen LogP contribution in [0, 0.1) is 5.92 Å². The minimum Gasteiger partial charge on any atom is -0.353 e. The molecule has 1 atom stereocenters. The Hall–Kier alpha value is -1.97. The summed E-state index contributed by atoms with van der Waals surface area (Å²) in [6.45, 7) is 16.3. The van der Waals surface area contributed by atoms with E-state index in [9.17, 15) is 18.0 Å². The van der Waals surface area contributed by atoms with E-state index in [-0.39, 0.29) is 22.3 Å². The number of sulfonamides is 1. The van der Waals surface area contributed by atoms with E-state index in [0.717, 1.165) is 13.1 Å². The number of nitrogens with zero attached hydrogens (tertiary/aromatic N) is 2. The monoisotopic (exact) mass is 468 g/mol. The van der Waals surface area contributed by atoms with Crippen LogP contribution in [0.4, 0.5) is 0 Å². The van der Waals surface area contributed by atoms with Crippen LogP contribution in [-0.4, -0.2) is 74.2 Å². The molecule has 0 aliphatic rings. The molecule has 2 amide bonds. The van der Waals surface area contributed by atoms with Gasteiger partial charge in [-0.25, -0.2) is 8.42 Å². The Bertz CT molecular complexity index is 851. The molecule has 0 spiro atoms. The van der Waals surface area contributed by atoms with Gasteiger partial charge in [0.05, 0.1) is 4.90 Å². The van der Waals surface area contributed by atoms with Crippen molar-refractivity contribution in [3.05, 3.63) is 29.8 Å². The highest BCUT2D eigenvalue weighted by atomic mass is 32.2. The van der Waals surface area contributed by atoms with Gasteiger partial charge in [-0.15, -0.1) is 0 Å². The molecule has 32 heavy (non-hydrogen) atoms. The fourth-order valence-electron chi connectivity index (χ4n) is 3.48. The summed E-state index contributed by atoms with van der Waals surface area (Å²) in [5.74, 6) is -0.859. The topological polar surface area (TPSA) is 98.8 Å². The fourth-order valence-corrected chi connectivity index (χ4v) is 4.99. The van der Waals surface area contributed by atoms with Gasteiger partial charge in [-0.3, -0.25) is 14.5 Å². The van der Waals surface area contributed by atoms with Gasteiger partial charge in [0.15, 0.2) is 0 Å². The number of rotatable bonds is 13. The number of hydrogen-bond donors (Lipinski definition) is 2. The molecule has 0 heterocycles. The van der Waals surface area contributed by atoms with Crippen molar-refractivity contribution in [1.82, 2.24) is 19.8 Å². The molecule has 1 unspecified atom stereocenters. The lowest BCUT2D eigenvalue weighted by Crippen LogP contribution is -2.51. The van der Waals surface area contributed by atoms with Crippen molar-refractivity contribution in [1.29, 1.82) is 0 Å². The van der Waals surface area contributed by atoms with Gasteiger partial charge in [0.2, 0.25) is 15.9 Å². The van der Waals surface area contributed by atoms with Gasteiger partial charge in [-0.05, 0) is 44.5 Å². The fraction of sp³-hybridized carbons (Fsp3) is 0.652. The smallest absolute Gasteiger partial charge is 0.251 e. The standard InChI is InChI=1S/C23H40N4O4S/c1-8-26(18(6)7)15-14-24-23(29)21(17(4)5)25-22(28)19-12-11-13-20(16-19)32(30,31)27(9-2)10-3/h11-13,16-18,21H,8-10,14-15H2,1-7H3,(H,24,29)(H,25,28). The zero-order valence-corrected chi connectivity index (χ0v) is 21.3. The molecular weight excluding hydrogens is 428 g/mol. The van der Waals surface area contributed by atoms with Crippen LogP contribution in [0.25, 0.3) is 0 Å². The zero-order valence-electron chi connectivity index (χ0n) is 20.5. The van der Waals surface area contributed by atoms with E-state index < -0.39 is 22.0 Å². The summed E-state index contributed by atoms with van der Waals surface area (Å²) in [6.07, 6.45) is 0. The van der Waals surface area contributed by atoms with E-state index in [1.807, 2.05) is 13.8 Å². The maximum atomic E-state index is 12.9. The van der Waals surface area contributed by atoms with Gasteiger partial charge in [0.25, 0.3) is 5.91 Å². The molecule has 0 aliphatic carbocycles. The zero-order chi connectivity index (χ0) is 24.5. The predicted octanol–water partition coefficient (Wildman–Crippen LogP) is 2.32. The summed E-state index contributed by atoms with van der Waals surface area (Å²) in [5, 5.41) is 5.68. The number of benzene rings is 1. The SMILES string of the molecule is CCN(CCNC(=O)C(NC(=O)c1cccc(S(=O)(=O)N(CC)CC)c1)C(C)C)C(C)C. The molecule has 9 heteroatoms. The van der Waals surface area contributed by atoms with E-state index in [1.54, 1.807) is 26.0 Å². The molecule has 182 valence electrons. The highest BCUT2D eigenvalue weighted by Crippen LogP contribution is 2.17. The quantitative estimate of drug-likeness (QED) is 0.463. The Kier molecular flexibility index (Phi) is 11.3. The number of likely N-dealkylation sites (N-methyl/N-ethyl adjacent to an activating group) is 1. The van der Waals surface area contributed by atoms with Crippen LogP contribution in [0.15, 0.2) is 29.2 Å². The molecule has 0 radical (unpaired) electrons. The predicted molar refractivity (Wildman–Crippen MR) is 128 cm³/mol. The van der Waals surface area contributed by atoms with Crippen LogP contribution in [-0.2, 0) is 14.8 Å². The third-order valence-electron chi connectivity index (χ3n) is 5.51. The van der Waals surface area contributed by atoms with Gasteiger partial charge >= 0.3 is 0 Å². The summed E-state index contributed by atoms with van der Waals surface area (Å²) >= 11 is 0. The van der Waals surface area contributed by atoms with Gasteiger partial charge < -0.3 is 10.6 Å². The second kappa shape index (κ2) is 12.9. The van der Waals surface area contributed by atoms with E-state index in [2.05, 4.69) is 36.3 Å². The average Bonchev–Trinajstić information content (AvgIpc) is 2.74. The molecule has 0 fully saturated rings. The first-order valence-electron chi connectivity index (χ1n) is 11.4. The maximum absolute atomic E-state index is 12.9. The number of hydrogen-bond acceptors (Lipinski definition) is 5. The summed E-state index contributed by atoms with van der Waals surface area (Å²) in [5.41, 5.74) is 0.202. The largest absolute Gasteiger partial charge is 0.353 e. The summed E-state index contributed by atoms with van der Waals surface area (Å²) in [7, 11) is -3.68. The minimum atomic E-state index is -3.68. The lowest BCUT2D eigenvalue weighted by atomic mass is 10.0. The van der Waals surface area contributed by atoms with Crippen LogP contribution in [0.3, 0.4) is 0 Å². The van der Waals surface area contributed by atoms with E-state index >= 15 is 0 Å². The van der Waals surface area contributed by atoms with Crippen molar-refractivity contribution in [3.8, 4) is 0 Å². The molecule has 0 bridgehead atoms. The molecule has 0 saturated carbocycles. The third kappa shape index (κ3) is 7.56. The van der Waals surface area contributed by atoms with E-state index in [4.69, 9.17) is 0 Å². The van der Waals surface area contributed by atoms with Crippen molar-refractivity contribution in [2.75, 3.05) is 32.7 Å². The summed E-state index contributed by atoms with van der Waals surface area (Å²) in [6, 6.07) is 5.59. The van der Waals surface area contributed by atoms with Crippen LogP contribution in [0.5, 0.6) is 0 Å². The third-order valence-corrected chi connectivity index (χ3v) is 7.56. The van der Waals surface area contributed by atoms with Gasteiger partial charge in [0.1, 0.15) is 6.04 Å². The first kappa shape index (κ1) is 28.1. The Labute approximate surface area is 193 Å². The number of amides is 2. The number of nitrogens with one attached hydrogen (secondary N) is 2. The lowest BCUT2D eigenvalue weighted by molar-refractivity contribution is -0.124. The number of carbonyl (C=O) groups is 2. The molecule has 8 nitrogen and oxygen atoms in total. The highest BCUT2D eigenvalue weighted by Gasteiger charge is 2.26. The molecule has 0 aromatic heterocycles. The highest BCUT2D eigenvalue weighted by molar-refractivity contribution is 7.89. The van der Waals surface area contributed by atoms with Gasteiger partial charge in [-0.2, -0.15) is 4.31 Å². The first-order chi connectivity index (χ1) is 15.0. The Morgan fingerprint density at radius 3 is 2.12 bits per heavy atom. The van der Waals surface area contributed by atoms with Crippen LogP contribution in [0.1, 0.15) is 58.8 Å². The molecular formula is C23H40N4O4S. The molecule has 0 aliphatic heterocycles. The molecule has 1 rings (SSSR count). The second-order valence-corrected chi connectivity index (χ2v) is 10.3. The maximum Gasteiger partial charge on any atom is 0.251 e. The number of carbonyl (C=O) groups excluding carboxylic acids is 2. The van der Waals surface area contributed by atoms with E-state index in [0.29, 0.717) is 25.7 Å². The van der Waals surface area contributed by atoms with Crippen LogP contribution >= 0.6 is 0 Å². The Morgan fingerprint density at radius 1 is 1.00 bits per heavy atom. The summed E-state index contributed by atoms with van der Waals surface area (Å²) in [4.78, 5) is 27.9. The minimum absolute atomic E-state index is 0.0627. The molecule has 1 aromatic rings. The van der Waals surface area contributed by atoms with Crippen molar-refractivity contribution in [2.24, 2.45) is 5.92 Å². The van der Waals surface area contributed by atoms with Crippen molar-refractivity contribution >= 4 is 21.8 Å². The average molecular weight is 469 g/mol. The molecule has 0 saturated heterocycles. The normalized spacial score (nSPS) is 13.1. The van der Waals surface area contributed by atoms with Crippen LogP contribution in [0.2, 0.25) is 0 Å². The first-order valence-corrected chi connectivity index (χ1v) is 12.9. The van der Waals surface area contributed by atoms with Crippen molar-refractivity contribution < 1.29 is 18.0 Å². The second-order valence-electron chi connectivity index (χ2n) is 8.33. The molecule has 1 aromatic carbocycles. The Morgan fingerprint density at radius 2 is 1.62 bits per heavy atom. The summed E-state index contributed by atoms with van der Waals surface area (Å²) < 4.78 is 26.9. The van der Waals surface area contributed by atoms with Gasteiger partial charge in [0, 0.05) is 37.8 Å². The molecule has 2 N–H and O–H groups in total. The van der Waals surface area contributed by atoms with Crippen LogP contribution < -0.4 is 10.6 Å². The Balaban J connectivity index is 2.92. The van der Waals surface area contributed by atoms with E-state index in [1.165, 1.54) is 16.4 Å².